The van der Waals surface area contributed by atoms with Crippen molar-refractivity contribution in [1.82, 2.24) is 0 Å². The maximum absolute atomic E-state index is 3.88. The zero-order chi connectivity index (χ0) is 13.3. The van der Waals surface area contributed by atoms with Crippen LogP contribution in [-0.4, -0.2) is 36.1 Å². The molecular weight excluding hydrogens is 234 g/mol. The molecule has 0 aliphatic heterocycles. The van der Waals surface area contributed by atoms with E-state index in [-0.39, 0.29) is 5.48 Å². The molecule has 19 heavy (non-hydrogen) atoms. The van der Waals surface area contributed by atoms with Crippen molar-refractivity contribution >= 4 is 0 Å². The highest BCUT2D eigenvalue weighted by Crippen LogP contribution is 2.11. The summed E-state index contributed by atoms with van der Waals surface area (Å²) in [7, 11) is 0. The van der Waals surface area contributed by atoms with Crippen LogP contribution in [-0.2, 0) is 6.42 Å². The van der Waals surface area contributed by atoms with Crippen LogP contribution in [0.1, 0.15) is 5.56 Å². The van der Waals surface area contributed by atoms with Gasteiger partial charge in [-0.15, -0.1) is 0 Å². The van der Waals surface area contributed by atoms with Crippen LogP contribution in [0, 0.1) is 0 Å². The molecule has 0 saturated heterocycles. The van der Waals surface area contributed by atoms with Crippen LogP contribution in [0.4, 0.5) is 0 Å². The minimum absolute atomic E-state index is 0. The molecule has 0 aromatic heterocycles. The Labute approximate surface area is 117 Å². The molecule has 0 amide bonds. The Kier molecular flexibility index (Phi) is 8.51. The van der Waals surface area contributed by atoms with Gasteiger partial charge in [-0.25, -0.2) is 0 Å². The Morgan fingerprint density at radius 3 is 1.74 bits per heavy atom. The number of hydrogen-bond acceptors (Lipinski definition) is 1. The summed E-state index contributed by atoms with van der Waals surface area (Å²) in [5, 5.41) is 0. The lowest BCUT2D eigenvalue weighted by Gasteiger charge is -2.36. The maximum atomic E-state index is 3.88. The van der Waals surface area contributed by atoms with Gasteiger partial charge in [0.1, 0.15) is 0 Å². The molecule has 1 aromatic carbocycles. The molecule has 1 N–H and O–H groups in total. The highest BCUT2D eigenvalue weighted by atomic mass is 16.0. The van der Waals surface area contributed by atoms with Crippen LogP contribution in [0.2, 0.25) is 0 Å². The third-order valence-electron chi connectivity index (χ3n) is 3.27. The van der Waals surface area contributed by atoms with Gasteiger partial charge in [0.05, 0.1) is 26.2 Å². The van der Waals surface area contributed by atoms with Crippen LogP contribution < -0.4 is 0 Å². The fourth-order valence-electron chi connectivity index (χ4n) is 2.33. The lowest BCUT2D eigenvalue weighted by molar-refractivity contribution is -0.911. The molecule has 2 heteroatoms. The predicted molar refractivity (Wildman–Crippen MR) is 82.4 cm³/mol. The summed E-state index contributed by atoms with van der Waals surface area (Å²) >= 11 is 0. The largest absolute Gasteiger partial charge is 0.870 e. The van der Waals surface area contributed by atoms with Crippen molar-refractivity contribution in [2.24, 2.45) is 0 Å². The first kappa shape index (κ1) is 17.4. The average molecular weight is 259 g/mol. The molecule has 1 aromatic rings. The van der Waals surface area contributed by atoms with Gasteiger partial charge in [0.25, 0.3) is 0 Å². The second kappa shape index (κ2) is 9.31. The molecule has 0 bridgehead atoms. The molecule has 1 rings (SSSR count). The lowest BCUT2D eigenvalue weighted by Crippen LogP contribution is -2.49. The quantitative estimate of drug-likeness (QED) is 0.493. The number of nitrogens with zero attached hydrogens (tertiary/aromatic N) is 1. The molecule has 0 unspecified atom stereocenters. The van der Waals surface area contributed by atoms with Gasteiger partial charge in [-0.2, -0.15) is 0 Å². The van der Waals surface area contributed by atoms with E-state index in [0.29, 0.717) is 0 Å². The first-order valence-electron chi connectivity index (χ1n) is 6.48. The monoisotopic (exact) mass is 259 g/mol. The normalized spacial score (nSPS) is 10.3. The molecule has 0 aliphatic carbocycles. The molecule has 0 aliphatic rings. The SMILES string of the molecule is C=CC[N+](CC=C)(CC=C)CCc1ccccc1.[OH-]. The van der Waals surface area contributed by atoms with Crippen LogP contribution in [0.25, 0.3) is 0 Å². The summed E-state index contributed by atoms with van der Waals surface area (Å²) in [5.41, 5.74) is 1.39. The fourth-order valence-corrected chi connectivity index (χ4v) is 2.33. The van der Waals surface area contributed by atoms with Crippen LogP contribution in [0.15, 0.2) is 68.3 Å². The maximum Gasteiger partial charge on any atom is 0.0976 e. The minimum Gasteiger partial charge on any atom is -0.870 e. The van der Waals surface area contributed by atoms with E-state index in [1.165, 1.54) is 5.56 Å². The second-order valence-electron chi connectivity index (χ2n) is 4.71. The van der Waals surface area contributed by atoms with E-state index in [1.54, 1.807) is 0 Å². The van der Waals surface area contributed by atoms with Gasteiger partial charge < -0.3 is 9.96 Å². The smallest absolute Gasteiger partial charge is 0.0976 e. The van der Waals surface area contributed by atoms with Gasteiger partial charge in [0, 0.05) is 6.42 Å². The summed E-state index contributed by atoms with van der Waals surface area (Å²) in [6, 6.07) is 10.6. The van der Waals surface area contributed by atoms with Gasteiger partial charge in [0.2, 0.25) is 0 Å². The fraction of sp³-hybridized carbons (Fsp3) is 0.294. The molecule has 0 fully saturated rings. The Hall–Kier alpha value is -1.64. The highest BCUT2D eigenvalue weighted by molar-refractivity contribution is 5.14. The van der Waals surface area contributed by atoms with Crippen LogP contribution in [0.5, 0.6) is 0 Å². The molecule has 104 valence electrons. The van der Waals surface area contributed by atoms with Crippen molar-refractivity contribution in [3.8, 4) is 0 Å². The lowest BCUT2D eigenvalue weighted by atomic mass is 10.1. The first-order chi connectivity index (χ1) is 8.76. The Balaban J connectivity index is 0.00000324. The van der Waals surface area contributed by atoms with Gasteiger partial charge in [-0.05, 0) is 23.8 Å². The molecule has 2 nitrogen and oxygen atoms in total. The van der Waals surface area contributed by atoms with E-state index in [1.807, 2.05) is 18.2 Å². The van der Waals surface area contributed by atoms with Gasteiger partial charge in [-0.3, -0.25) is 0 Å². The number of benzene rings is 1. The van der Waals surface area contributed by atoms with Crippen molar-refractivity contribution in [3.63, 3.8) is 0 Å². The molecule has 0 heterocycles. The van der Waals surface area contributed by atoms with Crippen molar-refractivity contribution in [3.05, 3.63) is 73.9 Å². The molecule has 0 spiro atoms. The Morgan fingerprint density at radius 1 is 0.842 bits per heavy atom. The average Bonchev–Trinajstić information content (AvgIpc) is 2.39. The topological polar surface area (TPSA) is 30.0 Å². The van der Waals surface area contributed by atoms with Crippen molar-refractivity contribution in [2.45, 2.75) is 6.42 Å². The summed E-state index contributed by atoms with van der Waals surface area (Å²) in [6.07, 6.45) is 7.07. The van der Waals surface area contributed by atoms with Gasteiger partial charge in [0.15, 0.2) is 0 Å². The Bertz CT molecular complexity index is 357. The zero-order valence-corrected chi connectivity index (χ0v) is 11.7. The van der Waals surface area contributed by atoms with Gasteiger partial charge in [-0.1, -0.05) is 50.1 Å². The number of quaternary nitrogens is 1. The second-order valence-corrected chi connectivity index (χ2v) is 4.71. The molecule has 0 saturated carbocycles. The van der Waals surface area contributed by atoms with Crippen molar-refractivity contribution in [2.75, 3.05) is 26.2 Å². The van der Waals surface area contributed by atoms with Crippen molar-refractivity contribution < 1.29 is 9.96 Å². The van der Waals surface area contributed by atoms with E-state index in [2.05, 4.69) is 50.1 Å². The van der Waals surface area contributed by atoms with Gasteiger partial charge >= 0.3 is 0 Å². The summed E-state index contributed by atoms with van der Waals surface area (Å²) in [4.78, 5) is 0. The first-order valence-corrected chi connectivity index (χ1v) is 6.48. The van der Waals surface area contributed by atoms with E-state index in [9.17, 15) is 0 Å². The van der Waals surface area contributed by atoms with Crippen molar-refractivity contribution in [1.29, 1.82) is 0 Å². The molecular formula is C17H25NO. The highest BCUT2D eigenvalue weighted by Gasteiger charge is 2.22. The summed E-state index contributed by atoms with van der Waals surface area (Å²) < 4.78 is 0.964. The van der Waals surface area contributed by atoms with E-state index < -0.39 is 0 Å². The predicted octanol–water partition coefficient (Wildman–Crippen LogP) is 3.43. The van der Waals surface area contributed by atoms with E-state index in [4.69, 9.17) is 0 Å². The standard InChI is InChI=1S/C17H24N.H2O/c1-4-13-18(14-5-2,15-6-3)16-12-17-10-8-7-9-11-17;/h4-11H,1-3,12-16H2;1H2/q+1;/p-1. The van der Waals surface area contributed by atoms with Crippen LogP contribution >= 0.6 is 0 Å². The minimum atomic E-state index is 0. The van der Waals surface area contributed by atoms with Crippen LogP contribution in [0.3, 0.4) is 0 Å². The molecule has 0 radical (unpaired) electrons. The van der Waals surface area contributed by atoms with E-state index >= 15 is 0 Å². The summed E-state index contributed by atoms with van der Waals surface area (Å²) in [5.74, 6) is 0. The zero-order valence-electron chi connectivity index (χ0n) is 11.7. The van der Waals surface area contributed by atoms with E-state index in [0.717, 1.165) is 37.1 Å². The third kappa shape index (κ3) is 5.69. The molecule has 0 atom stereocenters. The third-order valence-corrected chi connectivity index (χ3v) is 3.27. The number of rotatable bonds is 9. The summed E-state index contributed by atoms with van der Waals surface area (Å²) in [6.45, 7) is 15.6. The number of hydrogen-bond donors (Lipinski definition) is 0. The Morgan fingerprint density at radius 2 is 1.32 bits per heavy atom.